The summed E-state index contributed by atoms with van der Waals surface area (Å²) in [7, 11) is 0. The minimum absolute atomic E-state index is 0.0305. The largest absolute Gasteiger partial charge is 0.481 e. The highest BCUT2D eigenvalue weighted by Crippen LogP contribution is 2.32. The average molecular weight is 249 g/mol. The molecule has 0 atom stereocenters. The van der Waals surface area contributed by atoms with Crippen LogP contribution < -0.4 is 5.32 Å². The monoisotopic (exact) mass is 249 g/mol. The van der Waals surface area contributed by atoms with Crippen LogP contribution in [0.5, 0.6) is 0 Å². The van der Waals surface area contributed by atoms with Gasteiger partial charge in [-0.3, -0.25) is 9.59 Å². The van der Waals surface area contributed by atoms with Gasteiger partial charge in [-0.05, 0) is 18.9 Å². The van der Waals surface area contributed by atoms with Gasteiger partial charge in [-0.2, -0.15) is 10.2 Å². The second-order valence-corrected chi connectivity index (χ2v) is 4.64. The molecule has 0 radical (unpaired) electrons. The van der Waals surface area contributed by atoms with Gasteiger partial charge in [0, 0.05) is 0 Å². The molecule has 1 aliphatic carbocycles. The van der Waals surface area contributed by atoms with E-state index in [-0.39, 0.29) is 12.3 Å². The van der Waals surface area contributed by atoms with E-state index in [2.05, 4.69) is 15.5 Å². The van der Waals surface area contributed by atoms with Crippen LogP contribution in [0.15, 0.2) is 18.5 Å². The Bertz CT molecular complexity index is 441. The van der Waals surface area contributed by atoms with Crippen molar-refractivity contribution in [2.75, 3.05) is 0 Å². The van der Waals surface area contributed by atoms with Gasteiger partial charge >= 0.3 is 5.97 Å². The van der Waals surface area contributed by atoms with Crippen molar-refractivity contribution in [3.63, 3.8) is 0 Å². The van der Waals surface area contributed by atoms with Crippen LogP contribution in [-0.2, 0) is 4.79 Å². The first kappa shape index (κ1) is 12.5. The number of carbonyl (C=O) groups excluding carboxylic acids is 1. The van der Waals surface area contributed by atoms with Crippen LogP contribution in [0.2, 0.25) is 0 Å². The summed E-state index contributed by atoms with van der Waals surface area (Å²) in [6.45, 7) is 0. The van der Waals surface area contributed by atoms with Crippen LogP contribution in [0.4, 0.5) is 0 Å². The van der Waals surface area contributed by atoms with Gasteiger partial charge in [0.1, 0.15) is 0 Å². The highest BCUT2D eigenvalue weighted by molar-refractivity contribution is 5.94. The van der Waals surface area contributed by atoms with Crippen LogP contribution in [0, 0.1) is 0 Å². The van der Waals surface area contributed by atoms with E-state index in [0.717, 1.165) is 12.8 Å². The molecular formula is C12H15N3O3. The van der Waals surface area contributed by atoms with Crippen molar-refractivity contribution in [2.45, 2.75) is 37.6 Å². The van der Waals surface area contributed by atoms with Gasteiger partial charge in [-0.25, -0.2) is 0 Å². The molecule has 6 heteroatoms. The Morgan fingerprint density at radius 2 is 2.06 bits per heavy atom. The second kappa shape index (κ2) is 5.12. The molecule has 0 spiro atoms. The lowest BCUT2D eigenvalue weighted by Gasteiger charge is -2.28. The number of hydrogen-bond acceptors (Lipinski definition) is 4. The van der Waals surface area contributed by atoms with Crippen molar-refractivity contribution in [1.29, 1.82) is 0 Å². The van der Waals surface area contributed by atoms with E-state index >= 15 is 0 Å². The van der Waals surface area contributed by atoms with E-state index in [4.69, 9.17) is 5.11 Å². The highest BCUT2D eigenvalue weighted by Gasteiger charge is 2.37. The Kier molecular flexibility index (Phi) is 3.55. The van der Waals surface area contributed by atoms with Crippen molar-refractivity contribution in [3.05, 3.63) is 24.0 Å². The van der Waals surface area contributed by atoms with Crippen molar-refractivity contribution >= 4 is 11.9 Å². The first-order valence-electron chi connectivity index (χ1n) is 5.92. The first-order valence-corrected chi connectivity index (χ1v) is 5.92. The molecule has 0 bridgehead atoms. The molecule has 1 aliphatic rings. The fourth-order valence-electron chi connectivity index (χ4n) is 2.43. The smallest absolute Gasteiger partial charge is 0.305 e. The molecule has 0 aromatic carbocycles. The number of nitrogens with one attached hydrogen (secondary N) is 1. The summed E-state index contributed by atoms with van der Waals surface area (Å²) in [6.07, 6.45) is 6.10. The number of carbonyl (C=O) groups is 2. The maximum atomic E-state index is 12.0. The Morgan fingerprint density at radius 3 is 2.61 bits per heavy atom. The summed E-state index contributed by atoms with van der Waals surface area (Å²) in [5, 5.41) is 19.0. The number of carboxylic acid groups (broad SMARTS) is 1. The molecule has 0 saturated heterocycles. The van der Waals surface area contributed by atoms with E-state index in [0.29, 0.717) is 18.4 Å². The third kappa shape index (κ3) is 2.82. The topological polar surface area (TPSA) is 92.2 Å². The normalized spacial score (nSPS) is 17.3. The number of amides is 1. The van der Waals surface area contributed by atoms with E-state index in [1.54, 1.807) is 6.07 Å². The Balaban J connectivity index is 2.10. The molecule has 2 rings (SSSR count). The van der Waals surface area contributed by atoms with Gasteiger partial charge < -0.3 is 10.4 Å². The zero-order valence-corrected chi connectivity index (χ0v) is 9.93. The van der Waals surface area contributed by atoms with E-state index < -0.39 is 11.5 Å². The fourth-order valence-corrected chi connectivity index (χ4v) is 2.43. The fraction of sp³-hybridized carbons (Fsp3) is 0.500. The van der Waals surface area contributed by atoms with Gasteiger partial charge in [0.2, 0.25) is 0 Å². The number of hydrogen-bond donors (Lipinski definition) is 2. The molecular weight excluding hydrogens is 234 g/mol. The number of aromatic nitrogens is 2. The highest BCUT2D eigenvalue weighted by atomic mass is 16.4. The van der Waals surface area contributed by atoms with Crippen LogP contribution >= 0.6 is 0 Å². The number of aliphatic carboxylic acids is 1. The van der Waals surface area contributed by atoms with Gasteiger partial charge in [-0.1, -0.05) is 12.8 Å². The minimum Gasteiger partial charge on any atom is -0.481 e. The third-order valence-corrected chi connectivity index (χ3v) is 3.28. The predicted molar refractivity (Wildman–Crippen MR) is 63.0 cm³/mol. The first-order chi connectivity index (χ1) is 8.61. The number of nitrogens with zero attached hydrogens (tertiary/aromatic N) is 2. The van der Waals surface area contributed by atoms with Crippen molar-refractivity contribution in [1.82, 2.24) is 15.5 Å². The van der Waals surface area contributed by atoms with Crippen molar-refractivity contribution in [2.24, 2.45) is 0 Å². The van der Waals surface area contributed by atoms with Gasteiger partial charge in [0.15, 0.2) is 0 Å². The molecule has 1 amide bonds. The Morgan fingerprint density at radius 1 is 1.33 bits per heavy atom. The molecule has 0 unspecified atom stereocenters. The van der Waals surface area contributed by atoms with Crippen LogP contribution in [0.1, 0.15) is 42.5 Å². The average Bonchev–Trinajstić information content (AvgIpc) is 2.77. The standard InChI is InChI=1S/C12H15N3O3/c16-10(17)7-12(4-1-2-5-12)15-11(18)9-3-6-13-14-8-9/h3,6,8H,1-2,4-5,7H2,(H,15,18)(H,16,17). The van der Waals surface area contributed by atoms with Crippen molar-refractivity contribution in [3.8, 4) is 0 Å². The summed E-state index contributed by atoms with van der Waals surface area (Å²) in [5.74, 6) is -1.17. The van der Waals surface area contributed by atoms with E-state index in [1.807, 2.05) is 0 Å². The number of carboxylic acids is 1. The summed E-state index contributed by atoms with van der Waals surface area (Å²) < 4.78 is 0. The minimum atomic E-state index is -0.884. The molecule has 96 valence electrons. The maximum Gasteiger partial charge on any atom is 0.305 e. The Labute approximate surface area is 104 Å². The molecule has 2 N–H and O–H groups in total. The quantitative estimate of drug-likeness (QED) is 0.830. The van der Waals surface area contributed by atoms with Crippen LogP contribution in [-0.4, -0.2) is 32.7 Å². The molecule has 0 aliphatic heterocycles. The van der Waals surface area contributed by atoms with E-state index in [9.17, 15) is 9.59 Å². The van der Waals surface area contributed by atoms with Gasteiger partial charge in [0.25, 0.3) is 5.91 Å². The molecule has 1 aromatic rings. The summed E-state index contributed by atoms with van der Waals surface area (Å²) >= 11 is 0. The molecule has 18 heavy (non-hydrogen) atoms. The van der Waals surface area contributed by atoms with Gasteiger partial charge in [-0.15, -0.1) is 0 Å². The SMILES string of the molecule is O=C(O)CC1(NC(=O)c2ccnnc2)CCCC1. The zero-order valence-electron chi connectivity index (χ0n) is 9.93. The molecule has 1 heterocycles. The van der Waals surface area contributed by atoms with Crippen LogP contribution in [0.3, 0.4) is 0 Å². The lowest BCUT2D eigenvalue weighted by molar-refractivity contribution is -0.138. The summed E-state index contributed by atoms with van der Waals surface area (Å²) in [4.78, 5) is 22.9. The van der Waals surface area contributed by atoms with E-state index in [1.165, 1.54) is 12.4 Å². The molecule has 1 saturated carbocycles. The van der Waals surface area contributed by atoms with Gasteiger partial charge in [0.05, 0.1) is 29.9 Å². The Hall–Kier alpha value is -1.98. The number of rotatable bonds is 4. The molecule has 1 aromatic heterocycles. The maximum absolute atomic E-state index is 12.0. The summed E-state index contributed by atoms with van der Waals surface area (Å²) in [6, 6.07) is 1.56. The lowest BCUT2D eigenvalue weighted by atomic mass is 9.93. The van der Waals surface area contributed by atoms with Crippen LogP contribution in [0.25, 0.3) is 0 Å². The molecule has 1 fully saturated rings. The second-order valence-electron chi connectivity index (χ2n) is 4.64. The predicted octanol–water partition coefficient (Wildman–Crippen LogP) is 0.994. The lowest BCUT2D eigenvalue weighted by Crippen LogP contribution is -2.47. The molecule has 6 nitrogen and oxygen atoms in total. The third-order valence-electron chi connectivity index (χ3n) is 3.28. The zero-order chi connectivity index (χ0) is 13.0. The summed E-state index contributed by atoms with van der Waals surface area (Å²) in [5.41, 5.74) is -0.201. The van der Waals surface area contributed by atoms with Crippen molar-refractivity contribution < 1.29 is 14.7 Å².